The standard InChI is InChI=1S/C22H24N2O4.ClH/c1-14(2)12-24-19(11-23)21(15-6-4-3-5-7-15)18-10-16(28-13-20(25)26)8-9-17(18)22(24)27;/h3-10,14H,11-13,23H2,1-2H3,(H,25,26);1H/p-1. The summed E-state index contributed by atoms with van der Waals surface area (Å²) in [6.45, 7) is 4.31. The lowest BCUT2D eigenvalue weighted by Crippen LogP contribution is -2.29. The van der Waals surface area contributed by atoms with Crippen molar-refractivity contribution in [2.75, 3.05) is 6.61 Å². The van der Waals surface area contributed by atoms with Crippen molar-refractivity contribution in [2.24, 2.45) is 11.7 Å². The fourth-order valence-corrected chi connectivity index (χ4v) is 3.40. The third-order valence-electron chi connectivity index (χ3n) is 4.51. The smallest absolute Gasteiger partial charge is 0.258 e. The van der Waals surface area contributed by atoms with Crippen molar-refractivity contribution in [2.45, 2.75) is 26.9 Å². The molecule has 1 aromatic heterocycles. The third kappa shape index (κ3) is 4.78. The van der Waals surface area contributed by atoms with Crippen LogP contribution in [0.4, 0.5) is 0 Å². The Morgan fingerprint density at radius 1 is 1.14 bits per heavy atom. The summed E-state index contributed by atoms with van der Waals surface area (Å²) < 4.78 is 7.02. The van der Waals surface area contributed by atoms with Crippen LogP contribution in [0, 0.1) is 5.92 Å². The molecule has 1 heterocycles. The maximum Gasteiger partial charge on any atom is 0.258 e. The van der Waals surface area contributed by atoms with Gasteiger partial charge in [-0.2, -0.15) is 0 Å². The number of benzene rings is 2. The van der Waals surface area contributed by atoms with Crippen LogP contribution in [-0.4, -0.2) is 17.1 Å². The van der Waals surface area contributed by atoms with Crippen molar-refractivity contribution in [1.29, 1.82) is 0 Å². The number of nitrogens with zero attached hydrogens (tertiary/aromatic N) is 1. The van der Waals surface area contributed by atoms with Crippen molar-refractivity contribution in [3.8, 4) is 16.9 Å². The molecule has 7 heteroatoms. The number of hydrogen-bond acceptors (Lipinski definition) is 5. The lowest BCUT2D eigenvalue weighted by atomic mass is 9.96. The van der Waals surface area contributed by atoms with Gasteiger partial charge in [-0.05, 0) is 29.7 Å². The number of carbonyl (C=O) groups is 1. The molecule has 0 saturated heterocycles. The monoisotopic (exact) mass is 415 g/mol. The van der Waals surface area contributed by atoms with Gasteiger partial charge >= 0.3 is 0 Å². The Kier molecular flexibility index (Phi) is 7.42. The molecular weight excluding hydrogens is 392 g/mol. The summed E-state index contributed by atoms with van der Waals surface area (Å²) in [5, 5.41) is 11.9. The van der Waals surface area contributed by atoms with E-state index in [2.05, 4.69) is 13.8 Å². The lowest BCUT2D eigenvalue weighted by Gasteiger charge is -2.21. The minimum Gasteiger partial charge on any atom is -0.546 e. The largest absolute Gasteiger partial charge is 0.546 e. The van der Waals surface area contributed by atoms with E-state index in [4.69, 9.17) is 10.5 Å². The molecule has 0 unspecified atom stereocenters. The number of nitrogens with two attached hydrogens (primary N) is 1. The van der Waals surface area contributed by atoms with E-state index in [9.17, 15) is 14.7 Å². The Bertz CT molecular complexity index is 1060. The molecule has 0 aliphatic rings. The highest BCUT2D eigenvalue weighted by atomic mass is 35.5. The second kappa shape index (κ2) is 9.58. The number of rotatable bonds is 7. The van der Waals surface area contributed by atoms with Gasteiger partial charge in [0.05, 0.1) is 5.97 Å². The van der Waals surface area contributed by atoms with Crippen LogP contribution in [0.1, 0.15) is 19.5 Å². The number of ether oxygens (including phenoxy) is 1. The summed E-state index contributed by atoms with van der Waals surface area (Å²) in [7, 11) is 0. The number of aliphatic carboxylic acids is 1. The van der Waals surface area contributed by atoms with Crippen molar-refractivity contribution in [3.63, 3.8) is 0 Å². The van der Waals surface area contributed by atoms with Crippen LogP contribution in [0.25, 0.3) is 21.9 Å². The van der Waals surface area contributed by atoms with Gasteiger partial charge in [0.25, 0.3) is 5.56 Å². The average Bonchev–Trinajstić information content (AvgIpc) is 2.68. The van der Waals surface area contributed by atoms with Gasteiger partial charge in [0.2, 0.25) is 0 Å². The zero-order valence-electron chi connectivity index (χ0n) is 16.4. The molecular formula is C22H24ClN2O4-. The highest BCUT2D eigenvalue weighted by Crippen LogP contribution is 2.33. The lowest BCUT2D eigenvalue weighted by molar-refractivity contribution is -0.307. The van der Waals surface area contributed by atoms with E-state index in [1.165, 1.54) is 0 Å². The molecule has 2 aromatic carbocycles. The Balaban J connectivity index is 0.00000300. The molecule has 0 radical (unpaired) electrons. The van der Waals surface area contributed by atoms with Crippen molar-refractivity contribution in [1.82, 2.24) is 4.57 Å². The van der Waals surface area contributed by atoms with Gasteiger partial charge in [-0.15, -0.1) is 12.4 Å². The molecule has 0 aliphatic carbocycles. The van der Waals surface area contributed by atoms with Crippen LogP contribution in [0.15, 0.2) is 53.3 Å². The van der Waals surface area contributed by atoms with E-state index in [-0.39, 0.29) is 30.4 Å². The SMILES string of the molecule is CC(C)Cn1c(CN)c(-c2ccccc2)c2cc(OCC(=O)[O-])ccc2c1=O.Cl. The van der Waals surface area contributed by atoms with Crippen molar-refractivity contribution < 1.29 is 14.6 Å². The molecule has 3 rings (SSSR count). The predicted octanol–water partition coefficient (Wildman–Crippen LogP) is 2.33. The first-order chi connectivity index (χ1) is 13.4. The Morgan fingerprint density at radius 3 is 2.41 bits per heavy atom. The molecule has 0 saturated carbocycles. The van der Waals surface area contributed by atoms with E-state index in [1.54, 1.807) is 22.8 Å². The Morgan fingerprint density at radius 2 is 1.83 bits per heavy atom. The summed E-state index contributed by atoms with van der Waals surface area (Å²) in [5.74, 6) is -0.675. The van der Waals surface area contributed by atoms with E-state index in [1.807, 2.05) is 30.3 Å². The predicted molar refractivity (Wildman–Crippen MR) is 114 cm³/mol. The van der Waals surface area contributed by atoms with Gasteiger partial charge in [0, 0.05) is 35.1 Å². The highest BCUT2D eigenvalue weighted by molar-refractivity contribution is 5.98. The topological polar surface area (TPSA) is 97.4 Å². The second-order valence-electron chi connectivity index (χ2n) is 7.07. The molecule has 6 nitrogen and oxygen atoms in total. The first-order valence-electron chi connectivity index (χ1n) is 9.20. The summed E-state index contributed by atoms with van der Waals surface area (Å²) in [5.41, 5.74) is 8.50. The van der Waals surface area contributed by atoms with Crippen LogP contribution in [0.5, 0.6) is 5.75 Å². The zero-order valence-corrected chi connectivity index (χ0v) is 17.2. The highest BCUT2D eigenvalue weighted by Gasteiger charge is 2.18. The maximum absolute atomic E-state index is 13.2. The minimum absolute atomic E-state index is 0. The number of pyridine rings is 1. The number of aromatic nitrogens is 1. The third-order valence-corrected chi connectivity index (χ3v) is 4.51. The molecule has 0 fully saturated rings. The number of carboxylic acids is 1. The maximum atomic E-state index is 13.2. The second-order valence-corrected chi connectivity index (χ2v) is 7.07. The Hall–Kier alpha value is -2.83. The molecule has 2 N–H and O–H groups in total. The van der Waals surface area contributed by atoms with Crippen molar-refractivity contribution >= 4 is 29.1 Å². The number of carbonyl (C=O) groups excluding carboxylic acids is 1. The normalized spacial score (nSPS) is 10.8. The first-order valence-corrected chi connectivity index (χ1v) is 9.20. The van der Waals surface area contributed by atoms with Gasteiger partial charge in [-0.3, -0.25) is 4.79 Å². The quantitative estimate of drug-likeness (QED) is 0.638. The zero-order chi connectivity index (χ0) is 20.3. The number of halogens is 1. The van der Waals surface area contributed by atoms with E-state index in [0.717, 1.165) is 16.8 Å². The van der Waals surface area contributed by atoms with Crippen LogP contribution in [0.3, 0.4) is 0 Å². The van der Waals surface area contributed by atoms with E-state index >= 15 is 0 Å². The van der Waals surface area contributed by atoms with E-state index in [0.29, 0.717) is 23.1 Å². The molecule has 29 heavy (non-hydrogen) atoms. The van der Waals surface area contributed by atoms with Crippen LogP contribution in [-0.2, 0) is 17.9 Å². The van der Waals surface area contributed by atoms with Gasteiger partial charge < -0.3 is 24.9 Å². The molecule has 3 aromatic rings. The molecule has 0 amide bonds. The summed E-state index contributed by atoms with van der Waals surface area (Å²) in [6.07, 6.45) is 0. The number of hydrogen-bond donors (Lipinski definition) is 1. The molecule has 154 valence electrons. The van der Waals surface area contributed by atoms with Crippen molar-refractivity contribution in [3.05, 3.63) is 64.6 Å². The number of fused-ring (bicyclic) bond motifs is 1. The van der Waals surface area contributed by atoms with E-state index < -0.39 is 12.6 Å². The minimum atomic E-state index is -1.31. The summed E-state index contributed by atoms with van der Waals surface area (Å²) >= 11 is 0. The molecule has 0 aliphatic heterocycles. The van der Waals surface area contributed by atoms with Gasteiger partial charge in [0.15, 0.2) is 0 Å². The van der Waals surface area contributed by atoms with Gasteiger partial charge in [0.1, 0.15) is 12.4 Å². The van der Waals surface area contributed by atoms with Gasteiger partial charge in [-0.25, -0.2) is 0 Å². The van der Waals surface area contributed by atoms with Crippen LogP contribution in [0.2, 0.25) is 0 Å². The first kappa shape index (κ1) is 22.5. The van der Waals surface area contributed by atoms with Crippen LogP contribution >= 0.6 is 12.4 Å². The average molecular weight is 416 g/mol. The summed E-state index contributed by atoms with van der Waals surface area (Å²) in [6, 6.07) is 14.7. The molecule has 0 atom stereocenters. The molecule has 0 bridgehead atoms. The Labute approximate surface area is 175 Å². The fraction of sp³-hybridized carbons (Fsp3) is 0.273. The summed E-state index contributed by atoms with van der Waals surface area (Å²) in [4.78, 5) is 23.9. The fourth-order valence-electron chi connectivity index (χ4n) is 3.40. The molecule has 0 spiro atoms. The van der Waals surface area contributed by atoms with Gasteiger partial charge in [-0.1, -0.05) is 44.2 Å². The number of carboxylic acid groups (broad SMARTS) is 1. The van der Waals surface area contributed by atoms with Crippen LogP contribution < -0.4 is 21.1 Å².